The van der Waals surface area contributed by atoms with Gasteiger partial charge in [0.2, 0.25) is 0 Å². The van der Waals surface area contributed by atoms with Gasteiger partial charge in [-0.1, -0.05) is 6.92 Å². The van der Waals surface area contributed by atoms with Crippen LogP contribution in [0.3, 0.4) is 0 Å². The average Bonchev–Trinajstić information content (AvgIpc) is 2.56. The number of carbonyl (C=O) groups is 1. The second-order valence-corrected chi connectivity index (χ2v) is 8.51. The number of likely N-dealkylation sites (tertiary alicyclic amines) is 2. The standard InChI is InChI=1S/C19H36N4O2/c1-15-6-10-22(11-7-15)17(20-5)21-14-16-8-12-23(13-9-16)18(24)25-19(2,3)4/h15-16H,6-14H2,1-5H3,(H,20,21). The van der Waals surface area contributed by atoms with E-state index in [-0.39, 0.29) is 6.09 Å². The van der Waals surface area contributed by atoms with Crippen molar-refractivity contribution >= 4 is 12.1 Å². The number of aliphatic imine (C=N–C) groups is 1. The minimum atomic E-state index is -0.423. The van der Waals surface area contributed by atoms with Gasteiger partial charge in [0.1, 0.15) is 5.60 Å². The van der Waals surface area contributed by atoms with Crippen molar-refractivity contribution in [1.82, 2.24) is 15.1 Å². The molecule has 6 heteroatoms. The van der Waals surface area contributed by atoms with E-state index in [1.54, 1.807) is 0 Å². The van der Waals surface area contributed by atoms with E-state index in [0.717, 1.165) is 57.4 Å². The molecule has 2 rings (SSSR count). The van der Waals surface area contributed by atoms with Gasteiger partial charge < -0.3 is 19.9 Å². The van der Waals surface area contributed by atoms with Crippen molar-refractivity contribution in [3.63, 3.8) is 0 Å². The topological polar surface area (TPSA) is 57.2 Å². The lowest BCUT2D eigenvalue weighted by atomic mass is 9.97. The van der Waals surface area contributed by atoms with Gasteiger partial charge in [0, 0.05) is 39.8 Å². The molecule has 0 bridgehead atoms. The van der Waals surface area contributed by atoms with Crippen LogP contribution in [0.4, 0.5) is 4.79 Å². The van der Waals surface area contributed by atoms with Gasteiger partial charge in [0.05, 0.1) is 0 Å². The molecule has 0 atom stereocenters. The van der Waals surface area contributed by atoms with Crippen molar-refractivity contribution < 1.29 is 9.53 Å². The van der Waals surface area contributed by atoms with Crippen LogP contribution in [-0.4, -0.2) is 67.2 Å². The Morgan fingerprint density at radius 2 is 1.64 bits per heavy atom. The molecular formula is C19H36N4O2. The highest BCUT2D eigenvalue weighted by Crippen LogP contribution is 2.20. The fourth-order valence-electron chi connectivity index (χ4n) is 3.43. The first kappa shape index (κ1) is 19.9. The Bertz CT molecular complexity index is 457. The number of nitrogens with zero attached hydrogens (tertiary/aromatic N) is 3. The van der Waals surface area contributed by atoms with Crippen LogP contribution < -0.4 is 5.32 Å². The van der Waals surface area contributed by atoms with Gasteiger partial charge in [-0.05, 0) is 58.3 Å². The van der Waals surface area contributed by atoms with Crippen LogP contribution in [-0.2, 0) is 4.74 Å². The summed E-state index contributed by atoms with van der Waals surface area (Å²) in [5, 5.41) is 3.55. The van der Waals surface area contributed by atoms with Crippen LogP contribution in [0.25, 0.3) is 0 Å². The first-order valence-corrected chi connectivity index (χ1v) is 9.72. The third kappa shape index (κ3) is 6.40. The summed E-state index contributed by atoms with van der Waals surface area (Å²) < 4.78 is 5.46. The van der Waals surface area contributed by atoms with Crippen molar-refractivity contribution in [1.29, 1.82) is 0 Å². The van der Waals surface area contributed by atoms with Crippen LogP contribution in [0, 0.1) is 11.8 Å². The van der Waals surface area contributed by atoms with Crippen molar-refractivity contribution in [2.75, 3.05) is 39.8 Å². The van der Waals surface area contributed by atoms with Gasteiger partial charge >= 0.3 is 6.09 Å². The fraction of sp³-hybridized carbons (Fsp3) is 0.895. The van der Waals surface area contributed by atoms with Gasteiger partial charge in [-0.3, -0.25) is 4.99 Å². The van der Waals surface area contributed by atoms with E-state index in [1.807, 2.05) is 32.7 Å². The smallest absolute Gasteiger partial charge is 0.410 e. The maximum Gasteiger partial charge on any atom is 0.410 e. The molecule has 25 heavy (non-hydrogen) atoms. The van der Waals surface area contributed by atoms with Gasteiger partial charge in [0.15, 0.2) is 5.96 Å². The highest BCUT2D eigenvalue weighted by molar-refractivity contribution is 5.80. The highest BCUT2D eigenvalue weighted by Gasteiger charge is 2.27. The molecule has 2 saturated heterocycles. The van der Waals surface area contributed by atoms with Crippen molar-refractivity contribution in [2.45, 2.75) is 59.0 Å². The Hall–Kier alpha value is -1.46. The van der Waals surface area contributed by atoms with Crippen molar-refractivity contribution in [2.24, 2.45) is 16.8 Å². The quantitative estimate of drug-likeness (QED) is 0.613. The van der Waals surface area contributed by atoms with Crippen LogP contribution in [0.15, 0.2) is 4.99 Å². The first-order chi connectivity index (χ1) is 11.8. The number of rotatable bonds is 2. The number of carbonyl (C=O) groups excluding carboxylic acids is 1. The molecule has 0 aromatic heterocycles. The monoisotopic (exact) mass is 352 g/mol. The lowest BCUT2D eigenvalue weighted by Gasteiger charge is -2.35. The number of piperidine rings is 2. The van der Waals surface area contributed by atoms with E-state index < -0.39 is 5.60 Å². The minimum Gasteiger partial charge on any atom is -0.444 e. The Labute approximate surface area is 153 Å². The van der Waals surface area contributed by atoms with Crippen LogP contribution in [0.2, 0.25) is 0 Å². The second kappa shape index (κ2) is 8.77. The van der Waals surface area contributed by atoms with Crippen molar-refractivity contribution in [3.8, 4) is 0 Å². The largest absolute Gasteiger partial charge is 0.444 e. The van der Waals surface area contributed by atoms with Crippen LogP contribution >= 0.6 is 0 Å². The maximum atomic E-state index is 12.1. The molecule has 2 aliphatic rings. The molecule has 1 amide bonds. The second-order valence-electron chi connectivity index (χ2n) is 8.51. The molecule has 0 aromatic rings. The molecule has 0 unspecified atom stereocenters. The summed E-state index contributed by atoms with van der Waals surface area (Å²) in [5.74, 6) is 2.44. The van der Waals surface area contributed by atoms with Gasteiger partial charge in [-0.25, -0.2) is 4.79 Å². The molecule has 0 aliphatic carbocycles. The van der Waals surface area contributed by atoms with E-state index in [1.165, 1.54) is 12.8 Å². The molecule has 144 valence electrons. The zero-order chi connectivity index (χ0) is 18.4. The van der Waals surface area contributed by atoms with E-state index in [2.05, 4.69) is 22.1 Å². The zero-order valence-corrected chi connectivity index (χ0v) is 16.7. The lowest BCUT2D eigenvalue weighted by molar-refractivity contribution is 0.0185. The van der Waals surface area contributed by atoms with E-state index in [0.29, 0.717) is 5.92 Å². The molecule has 1 N–H and O–H groups in total. The summed E-state index contributed by atoms with van der Waals surface area (Å²) in [7, 11) is 1.87. The number of ether oxygens (including phenoxy) is 1. The summed E-state index contributed by atoms with van der Waals surface area (Å²) >= 11 is 0. The summed E-state index contributed by atoms with van der Waals surface area (Å²) in [6.45, 7) is 12.7. The molecular weight excluding hydrogens is 316 g/mol. The molecule has 2 fully saturated rings. The fourth-order valence-corrected chi connectivity index (χ4v) is 3.43. The van der Waals surface area contributed by atoms with Gasteiger partial charge in [0.25, 0.3) is 0 Å². The van der Waals surface area contributed by atoms with E-state index in [9.17, 15) is 4.79 Å². The predicted octanol–water partition coefficient (Wildman–Crippen LogP) is 2.94. The van der Waals surface area contributed by atoms with Gasteiger partial charge in [-0.15, -0.1) is 0 Å². The minimum absolute atomic E-state index is 0.183. The average molecular weight is 353 g/mol. The third-order valence-electron chi connectivity index (χ3n) is 5.11. The van der Waals surface area contributed by atoms with E-state index in [4.69, 9.17) is 4.74 Å². The highest BCUT2D eigenvalue weighted by atomic mass is 16.6. The normalized spacial score (nSPS) is 21.4. The zero-order valence-electron chi connectivity index (χ0n) is 16.7. The lowest BCUT2D eigenvalue weighted by Crippen LogP contribution is -2.48. The van der Waals surface area contributed by atoms with Crippen molar-refractivity contribution in [3.05, 3.63) is 0 Å². The Morgan fingerprint density at radius 3 is 2.16 bits per heavy atom. The number of amides is 1. The first-order valence-electron chi connectivity index (χ1n) is 9.72. The number of hydrogen-bond donors (Lipinski definition) is 1. The predicted molar refractivity (Wildman–Crippen MR) is 102 cm³/mol. The molecule has 0 aromatic carbocycles. The van der Waals surface area contributed by atoms with E-state index >= 15 is 0 Å². The summed E-state index contributed by atoms with van der Waals surface area (Å²) in [5.41, 5.74) is -0.423. The molecule has 6 nitrogen and oxygen atoms in total. The molecule has 2 heterocycles. The maximum absolute atomic E-state index is 12.1. The van der Waals surface area contributed by atoms with Gasteiger partial charge in [-0.2, -0.15) is 0 Å². The molecule has 2 aliphatic heterocycles. The summed E-state index contributed by atoms with van der Waals surface area (Å²) in [6.07, 6.45) is 4.34. The Morgan fingerprint density at radius 1 is 1.08 bits per heavy atom. The SMILES string of the molecule is CN=C(NCC1CCN(C(=O)OC(C)(C)C)CC1)N1CCC(C)CC1. The molecule has 0 saturated carbocycles. The Balaban J connectivity index is 1.72. The Kier molecular flexibility index (Phi) is 6.96. The van der Waals surface area contributed by atoms with Crippen LogP contribution in [0.1, 0.15) is 53.4 Å². The third-order valence-corrected chi connectivity index (χ3v) is 5.11. The number of guanidine groups is 1. The molecule has 0 radical (unpaired) electrons. The number of nitrogens with one attached hydrogen (secondary N) is 1. The summed E-state index contributed by atoms with van der Waals surface area (Å²) in [6, 6.07) is 0. The number of hydrogen-bond acceptors (Lipinski definition) is 3. The summed E-state index contributed by atoms with van der Waals surface area (Å²) in [4.78, 5) is 20.8. The molecule has 0 spiro atoms. The van der Waals surface area contributed by atoms with Crippen LogP contribution in [0.5, 0.6) is 0 Å².